The molecule has 8 nitrogen and oxygen atoms in total. The molecule has 0 fully saturated rings. The van der Waals surface area contributed by atoms with Gasteiger partial charge in [-0.1, -0.05) is 11.8 Å². The van der Waals surface area contributed by atoms with Crippen molar-refractivity contribution in [3.8, 4) is 0 Å². The van der Waals surface area contributed by atoms with Crippen molar-refractivity contribution in [2.45, 2.75) is 11.8 Å². The third kappa shape index (κ3) is 3.50. The quantitative estimate of drug-likeness (QED) is 0.728. The number of nitrogens with two attached hydrogens (primary N) is 1. The molecule has 2 aromatic rings. The molecule has 2 aromatic heterocycles. The monoisotopic (exact) mass is 266 g/mol. The van der Waals surface area contributed by atoms with Gasteiger partial charge in [0.05, 0.1) is 12.3 Å². The largest absolute Gasteiger partial charge is 0.415 e. The van der Waals surface area contributed by atoms with Crippen molar-refractivity contribution in [2.75, 3.05) is 11.1 Å². The summed E-state index contributed by atoms with van der Waals surface area (Å²) >= 11 is 1.12. The Morgan fingerprint density at radius 3 is 2.83 bits per heavy atom. The van der Waals surface area contributed by atoms with Gasteiger partial charge in [0, 0.05) is 12.4 Å². The Hall–Kier alpha value is -2.00. The van der Waals surface area contributed by atoms with Crippen molar-refractivity contribution in [3.63, 3.8) is 0 Å². The van der Waals surface area contributed by atoms with E-state index in [0.29, 0.717) is 11.1 Å². The van der Waals surface area contributed by atoms with E-state index in [-0.39, 0.29) is 24.2 Å². The first-order valence-electron chi connectivity index (χ1n) is 5.00. The summed E-state index contributed by atoms with van der Waals surface area (Å²) in [5.74, 6) is 0.476. The van der Waals surface area contributed by atoms with E-state index in [1.807, 2.05) is 0 Å². The number of nitrogens with zero attached hydrogens (tertiary/aromatic N) is 4. The Morgan fingerprint density at radius 1 is 1.39 bits per heavy atom. The van der Waals surface area contributed by atoms with Crippen LogP contribution >= 0.6 is 11.8 Å². The number of nitrogens with one attached hydrogen (secondary N) is 1. The molecule has 0 atom stereocenters. The van der Waals surface area contributed by atoms with E-state index in [1.165, 1.54) is 0 Å². The molecule has 0 aromatic carbocycles. The zero-order valence-corrected chi connectivity index (χ0v) is 10.1. The van der Waals surface area contributed by atoms with Gasteiger partial charge in [0.25, 0.3) is 5.22 Å². The molecule has 3 N–H and O–H groups in total. The Morgan fingerprint density at radius 2 is 2.17 bits per heavy atom. The highest BCUT2D eigenvalue weighted by molar-refractivity contribution is 7.99. The summed E-state index contributed by atoms with van der Waals surface area (Å²) < 4.78 is 5.14. The third-order valence-electron chi connectivity index (χ3n) is 1.77. The number of carbonyl (C=O) groups is 1. The summed E-state index contributed by atoms with van der Waals surface area (Å²) in [5, 5.41) is 10.2. The van der Waals surface area contributed by atoms with E-state index >= 15 is 0 Å². The molecule has 0 aliphatic carbocycles. The molecule has 9 heteroatoms. The second kappa shape index (κ2) is 6.07. The summed E-state index contributed by atoms with van der Waals surface area (Å²) in [6.45, 7) is 0.178. The molecule has 0 unspecified atom stereocenters. The van der Waals surface area contributed by atoms with Crippen LogP contribution < -0.4 is 11.1 Å². The van der Waals surface area contributed by atoms with Crippen LogP contribution in [0.2, 0.25) is 0 Å². The number of aromatic nitrogens is 4. The summed E-state index contributed by atoms with van der Waals surface area (Å²) in [6.07, 6.45) is 3.09. The molecule has 94 valence electrons. The standard InChI is InChI=1S/C9H10N6O2S/c10-4-7-14-15-9(17-7)18-5-6(16)13-8-11-2-1-3-12-8/h1-3H,4-5,10H2,(H,11,12,13,16). The zero-order chi connectivity index (χ0) is 12.8. The van der Waals surface area contributed by atoms with Crippen LogP contribution in [0.1, 0.15) is 5.89 Å². The predicted molar refractivity (Wildman–Crippen MR) is 63.6 cm³/mol. The van der Waals surface area contributed by atoms with Gasteiger partial charge in [-0.05, 0) is 6.07 Å². The van der Waals surface area contributed by atoms with Crippen LogP contribution in [-0.4, -0.2) is 31.8 Å². The Bertz CT molecular complexity index is 517. The number of rotatable bonds is 5. The van der Waals surface area contributed by atoms with Crippen LogP contribution in [0.5, 0.6) is 0 Å². The smallest absolute Gasteiger partial charge is 0.277 e. The maximum Gasteiger partial charge on any atom is 0.277 e. The van der Waals surface area contributed by atoms with Gasteiger partial charge in [-0.2, -0.15) is 0 Å². The minimum Gasteiger partial charge on any atom is -0.415 e. The van der Waals surface area contributed by atoms with Crippen LogP contribution in [0.25, 0.3) is 0 Å². The first kappa shape index (κ1) is 12.5. The number of thioether (sulfide) groups is 1. The summed E-state index contributed by atoms with van der Waals surface area (Å²) in [4.78, 5) is 19.3. The van der Waals surface area contributed by atoms with Crippen molar-refractivity contribution < 1.29 is 9.21 Å². The van der Waals surface area contributed by atoms with Crippen LogP contribution in [-0.2, 0) is 11.3 Å². The second-order valence-electron chi connectivity index (χ2n) is 3.08. The molecule has 0 radical (unpaired) electrons. The average Bonchev–Trinajstić information content (AvgIpc) is 2.85. The van der Waals surface area contributed by atoms with Gasteiger partial charge in [0.1, 0.15) is 0 Å². The molecule has 0 aliphatic heterocycles. The molecule has 0 spiro atoms. The van der Waals surface area contributed by atoms with Crippen molar-refractivity contribution in [3.05, 3.63) is 24.4 Å². The van der Waals surface area contributed by atoms with Gasteiger partial charge in [0.2, 0.25) is 17.7 Å². The number of carbonyl (C=O) groups excluding carboxylic acids is 1. The second-order valence-corrected chi connectivity index (χ2v) is 4.00. The van der Waals surface area contributed by atoms with E-state index in [0.717, 1.165) is 11.8 Å². The molecule has 0 saturated carbocycles. The van der Waals surface area contributed by atoms with E-state index in [2.05, 4.69) is 25.5 Å². The molecular formula is C9H10N6O2S. The average molecular weight is 266 g/mol. The Balaban J connectivity index is 1.81. The highest BCUT2D eigenvalue weighted by Crippen LogP contribution is 2.15. The summed E-state index contributed by atoms with van der Waals surface area (Å²) in [5.41, 5.74) is 5.32. The lowest BCUT2D eigenvalue weighted by Crippen LogP contribution is -2.15. The summed E-state index contributed by atoms with van der Waals surface area (Å²) in [7, 11) is 0. The molecule has 2 heterocycles. The van der Waals surface area contributed by atoms with Gasteiger partial charge < -0.3 is 10.2 Å². The van der Waals surface area contributed by atoms with Crippen molar-refractivity contribution in [1.82, 2.24) is 20.2 Å². The number of hydrogen-bond acceptors (Lipinski definition) is 8. The number of anilines is 1. The van der Waals surface area contributed by atoms with Crippen LogP contribution in [0.15, 0.2) is 28.1 Å². The molecule has 0 aliphatic rings. The highest BCUT2D eigenvalue weighted by Gasteiger charge is 2.09. The minimum atomic E-state index is -0.251. The van der Waals surface area contributed by atoms with E-state index < -0.39 is 0 Å². The SMILES string of the molecule is NCc1nnc(SCC(=O)Nc2ncccn2)o1. The van der Waals surface area contributed by atoms with E-state index in [4.69, 9.17) is 10.2 Å². The fraction of sp³-hybridized carbons (Fsp3) is 0.222. The lowest BCUT2D eigenvalue weighted by molar-refractivity contribution is -0.113. The van der Waals surface area contributed by atoms with Gasteiger partial charge in [0.15, 0.2) is 0 Å². The van der Waals surface area contributed by atoms with E-state index in [9.17, 15) is 4.79 Å². The van der Waals surface area contributed by atoms with Gasteiger partial charge in [-0.25, -0.2) is 9.97 Å². The normalized spacial score (nSPS) is 10.3. The maximum absolute atomic E-state index is 11.5. The van der Waals surface area contributed by atoms with Gasteiger partial charge >= 0.3 is 0 Å². The predicted octanol–water partition coefficient (Wildman–Crippen LogP) is 0.0491. The zero-order valence-electron chi connectivity index (χ0n) is 9.24. The number of amides is 1. The third-order valence-corrected chi connectivity index (χ3v) is 2.59. The van der Waals surface area contributed by atoms with Crippen molar-refractivity contribution >= 4 is 23.6 Å². The fourth-order valence-electron chi connectivity index (χ4n) is 1.03. The molecular weight excluding hydrogens is 256 g/mol. The number of hydrogen-bond donors (Lipinski definition) is 2. The Kier molecular flexibility index (Phi) is 4.20. The van der Waals surface area contributed by atoms with Crippen LogP contribution in [0.3, 0.4) is 0 Å². The molecule has 1 amide bonds. The lowest BCUT2D eigenvalue weighted by atomic mass is 10.6. The highest BCUT2D eigenvalue weighted by atomic mass is 32.2. The van der Waals surface area contributed by atoms with Crippen LogP contribution in [0, 0.1) is 0 Å². The molecule has 0 saturated heterocycles. The minimum absolute atomic E-state index is 0.129. The lowest BCUT2D eigenvalue weighted by Gasteiger charge is -2.00. The summed E-state index contributed by atoms with van der Waals surface area (Å²) in [6, 6.07) is 1.66. The first-order valence-corrected chi connectivity index (χ1v) is 5.98. The van der Waals surface area contributed by atoms with Gasteiger partial charge in [-0.15, -0.1) is 10.2 Å². The topological polar surface area (TPSA) is 120 Å². The Labute approximate surface area is 106 Å². The fourth-order valence-corrected chi connectivity index (χ4v) is 1.61. The molecule has 18 heavy (non-hydrogen) atoms. The van der Waals surface area contributed by atoms with Crippen molar-refractivity contribution in [1.29, 1.82) is 0 Å². The van der Waals surface area contributed by atoms with Gasteiger partial charge in [-0.3, -0.25) is 10.1 Å². The van der Waals surface area contributed by atoms with Crippen LogP contribution in [0.4, 0.5) is 5.95 Å². The molecule has 0 bridgehead atoms. The van der Waals surface area contributed by atoms with Crippen molar-refractivity contribution in [2.24, 2.45) is 5.73 Å². The maximum atomic E-state index is 11.5. The first-order chi connectivity index (χ1) is 8.78. The van der Waals surface area contributed by atoms with E-state index in [1.54, 1.807) is 18.5 Å². The molecule has 2 rings (SSSR count).